The molecule has 210 valence electrons. The van der Waals surface area contributed by atoms with Crippen molar-refractivity contribution in [1.29, 1.82) is 0 Å². The predicted molar refractivity (Wildman–Crippen MR) is 146 cm³/mol. The van der Waals surface area contributed by atoms with E-state index in [1.807, 2.05) is 24.3 Å². The number of hydrogen-bond donors (Lipinski definition) is 4. The van der Waals surface area contributed by atoms with E-state index in [1.165, 1.54) is 25.1 Å². The van der Waals surface area contributed by atoms with Crippen LogP contribution in [0.2, 0.25) is 0 Å². The van der Waals surface area contributed by atoms with Gasteiger partial charge in [0, 0.05) is 43.8 Å². The molecule has 0 spiro atoms. The molecule has 0 radical (unpaired) electrons. The van der Waals surface area contributed by atoms with E-state index in [4.69, 9.17) is 0 Å². The maximum absolute atomic E-state index is 13.9. The Morgan fingerprint density at radius 2 is 1.75 bits per heavy atom. The molecule has 2 aromatic carbocycles. The number of piperazine rings is 1. The Balaban J connectivity index is 1.40. The molecule has 10 nitrogen and oxygen atoms in total. The van der Waals surface area contributed by atoms with Crippen LogP contribution < -0.4 is 26.2 Å². The topological polar surface area (TPSA) is 115 Å². The zero-order valence-electron chi connectivity index (χ0n) is 22.0. The molecule has 1 aromatic heterocycles. The minimum atomic E-state index is -4.76. The number of halogens is 3. The van der Waals surface area contributed by atoms with Crippen molar-refractivity contribution in [2.24, 2.45) is 0 Å². The van der Waals surface area contributed by atoms with E-state index < -0.39 is 35.4 Å². The Hall–Kier alpha value is -4.39. The highest BCUT2D eigenvalue weighted by molar-refractivity contribution is 6.13. The fraction of sp³-hybridized carbons (Fsp3) is 0.333. The third-order valence-corrected chi connectivity index (χ3v) is 6.95. The van der Waals surface area contributed by atoms with E-state index in [-0.39, 0.29) is 22.9 Å². The molecule has 40 heavy (non-hydrogen) atoms. The first-order chi connectivity index (χ1) is 19.1. The fourth-order valence-electron chi connectivity index (χ4n) is 4.66. The number of rotatable bonds is 6. The van der Waals surface area contributed by atoms with Gasteiger partial charge < -0.3 is 31.1 Å². The number of anilines is 6. The summed E-state index contributed by atoms with van der Waals surface area (Å²) in [6.45, 7) is 8.49. The molecular weight excluding hydrogens is 525 g/mol. The SMILES string of the molecule is CCN1CCN(c2ccc(Nc3ncc(C(F)(F)F)c(Nc4cccc5c4C(=O)N[C@@H](C)C(=O)N5)n3)cc2)CC1. The lowest BCUT2D eigenvalue weighted by Crippen LogP contribution is -2.46. The highest BCUT2D eigenvalue weighted by atomic mass is 19.4. The van der Waals surface area contributed by atoms with Crippen molar-refractivity contribution >= 4 is 46.3 Å². The van der Waals surface area contributed by atoms with Gasteiger partial charge in [-0.3, -0.25) is 9.59 Å². The number of aromatic nitrogens is 2. The Bertz CT molecular complexity index is 1410. The number of likely N-dealkylation sites (N-methyl/N-ethyl adjacent to an activating group) is 1. The molecule has 4 N–H and O–H groups in total. The van der Waals surface area contributed by atoms with Crippen molar-refractivity contribution < 1.29 is 22.8 Å². The van der Waals surface area contributed by atoms with Crippen LogP contribution in [0.5, 0.6) is 0 Å². The minimum Gasteiger partial charge on any atom is -0.369 e. The molecule has 13 heteroatoms. The van der Waals surface area contributed by atoms with Crippen LogP contribution in [0.15, 0.2) is 48.7 Å². The average molecular weight is 555 g/mol. The highest BCUT2D eigenvalue weighted by Crippen LogP contribution is 2.37. The lowest BCUT2D eigenvalue weighted by Gasteiger charge is -2.35. The number of benzene rings is 2. The van der Waals surface area contributed by atoms with Gasteiger partial charge in [0.25, 0.3) is 5.91 Å². The summed E-state index contributed by atoms with van der Waals surface area (Å²) in [6, 6.07) is 11.2. The van der Waals surface area contributed by atoms with E-state index in [0.717, 1.165) is 38.4 Å². The number of nitrogens with one attached hydrogen (secondary N) is 4. The summed E-state index contributed by atoms with van der Waals surface area (Å²) in [6.07, 6.45) is -4.08. The van der Waals surface area contributed by atoms with Gasteiger partial charge in [-0.1, -0.05) is 13.0 Å². The molecule has 2 aliphatic rings. The van der Waals surface area contributed by atoms with Gasteiger partial charge in [-0.2, -0.15) is 18.2 Å². The van der Waals surface area contributed by atoms with E-state index in [2.05, 4.69) is 48.0 Å². The Labute approximate surface area is 229 Å². The number of carbonyl (C=O) groups is 2. The van der Waals surface area contributed by atoms with Crippen LogP contribution >= 0.6 is 0 Å². The van der Waals surface area contributed by atoms with Crippen molar-refractivity contribution in [3.63, 3.8) is 0 Å². The summed E-state index contributed by atoms with van der Waals surface area (Å²) in [7, 11) is 0. The summed E-state index contributed by atoms with van der Waals surface area (Å²) < 4.78 is 41.6. The summed E-state index contributed by atoms with van der Waals surface area (Å²) in [5.74, 6) is -1.66. The lowest BCUT2D eigenvalue weighted by molar-refractivity contribution is -0.137. The first-order valence-electron chi connectivity index (χ1n) is 12.9. The van der Waals surface area contributed by atoms with E-state index >= 15 is 0 Å². The highest BCUT2D eigenvalue weighted by Gasteiger charge is 2.36. The molecule has 1 fully saturated rings. The zero-order valence-corrected chi connectivity index (χ0v) is 22.0. The number of amides is 2. The summed E-state index contributed by atoms with van der Waals surface area (Å²) in [5.41, 5.74) is 0.773. The molecule has 2 aliphatic heterocycles. The van der Waals surface area contributed by atoms with Crippen LogP contribution in [0.1, 0.15) is 29.8 Å². The van der Waals surface area contributed by atoms with Gasteiger partial charge >= 0.3 is 6.18 Å². The van der Waals surface area contributed by atoms with E-state index in [0.29, 0.717) is 11.9 Å². The molecule has 3 aromatic rings. The van der Waals surface area contributed by atoms with E-state index in [1.54, 1.807) is 0 Å². The predicted octanol–water partition coefficient (Wildman–Crippen LogP) is 4.19. The van der Waals surface area contributed by atoms with Crippen molar-refractivity contribution in [2.45, 2.75) is 26.1 Å². The summed E-state index contributed by atoms with van der Waals surface area (Å²) >= 11 is 0. The molecule has 0 saturated carbocycles. The molecular formula is C27H29F3N8O2. The molecule has 5 rings (SSSR count). The van der Waals surface area contributed by atoms with Gasteiger partial charge in [-0.05, 0) is 49.9 Å². The minimum absolute atomic E-state index is 0.00296. The first kappa shape index (κ1) is 27.2. The molecule has 0 aliphatic carbocycles. The second-order valence-corrected chi connectivity index (χ2v) is 9.58. The van der Waals surface area contributed by atoms with Crippen molar-refractivity contribution in [3.8, 4) is 0 Å². The number of carbonyl (C=O) groups excluding carboxylic acids is 2. The number of fused-ring (bicyclic) bond motifs is 1. The molecule has 3 heterocycles. The van der Waals surface area contributed by atoms with Gasteiger partial charge in [0.2, 0.25) is 11.9 Å². The van der Waals surface area contributed by atoms with Gasteiger partial charge in [0.1, 0.15) is 17.4 Å². The standard InChI is InChI=1S/C27H29F3N8O2/c1-3-37-11-13-38(14-12-37)18-9-7-17(8-10-18)33-26-31-15-19(27(28,29)30)23(36-26)34-20-5-4-6-21-22(20)25(40)32-16(2)24(39)35-21/h4-10,15-16H,3,11-14H2,1-2H3,(H,32,40)(H,35,39)(H2,31,33,34,36)/t16-/m0/s1. The second-order valence-electron chi connectivity index (χ2n) is 9.58. The number of alkyl halides is 3. The van der Waals surface area contributed by atoms with E-state index in [9.17, 15) is 22.8 Å². The average Bonchev–Trinajstić information content (AvgIpc) is 3.03. The van der Waals surface area contributed by atoms with Gasteiger partial charge in [-0.15, -0.1) is 0 Å². The maximum Gasteiger partial charge on any atom is 0.421 e. The third kappa shape index (κ3) is 5.78. The van der Waals surface area contributed by atoms with Crippen molar-refractivity contribution in [3.05, 3.63) is 59.8 Å². The molecule has 0 bridgehead atoms. The zero-order chi connectivity index (χ0) is 28.4. The maximum atomic E-state index is 13.9. The van der Waals surface area contributed by atoms with Crippen LogP contribution in [0.3, 0.4) is 0 Å². The quantitative estimate of drug-likeness (QED) is 0.359. The van der Waals surface area contributed by atoms with Crippen LogP contribution in [0, 0.1) is 0 Å². The molecule has 1 saturated heterocycles. The first-order valence-corrected chi connectivity index (χ1v) is 12.9. The molecule has 0 unspecified atom stereocenters. The lowest BCUT2D eigenvalue weighted by atomic mass is 10.1. The van der Waals surface area contributed by atoms with Crippen LogP contribution in [-0.4, -0.2) is 65.4 Å². The van der Waals surface area contributed by atoms with Crippen LogP contribution in [0.4, 0.5) is 47.7 Å². The number of nitrogens with zero attached hydrogens (tertiary/aromatic N) is 4. The van der Waals surface area contributed by atoms with Crippen molar-refractivity contribution in [1.82, 2.24) is 20.2 Å². The monoisotopic (exact) mass is 554 g/mol. The fourth-order valence-corrected chi connectivity index (χ4v) is 4.66. The summed E-state index contributed by atoms with van der Waals surface area (Å²) in [4.78, 5) is 37.7. The van der Waals surface area contributed by atoms with Gasteiger partial charge in [0.05, 0.1) is 16.9 Å². The third-order valence-electron chi connectivity index (χ3n) is 6.95. The largest absolute Gasteiger partial charge is 0.421 e. The van der Waals surface area contributed by atoms with Crippen molar-refractivity contribution in [2.75, 3.05) is 53.6 Å². The van der Waals surface area contributed by atoms with Crippen LogP contribution in [0.25, 0.3) is 0 Å². The Morgan fingerprint density at radius 1 is 1.02 bits per heavy atom. The Kier molecular flexibility index (Phi) is 7.48. The van der Waals surface area contributed by atoms with Gasteiger partial charge in [-0.25, -0.2) is 4.98 Å². The normalized spacial score (nSPS) is 17.9. The van der Waals surface area contributed by atoms with Crippen LogP contribution in [-0.2, 0) is 11.0 Å². The second kappa shape index (κ2) is 11.0. The summed E-state index contributed by atoms with van der Waals surface area (Å²) in [5, 5.41) is 10.8. The van der Waals surface area contributed by atoms with Gasteiger partial charge in [0.15, 0.2) is 0 Å². The number of hydrogen-bond acceptors (Lipinski definition) is 8. The molecule has 2 amide bonds. The Morgan fingerprint density at radius 3 is 2.42 bits per heavy atom. The molecule has 1 atom stereocenters. The smallest absolute Gasteiger partial charge is 0.369 e.